The molecule has 0 saturated heterocycles. The Balaban J connectivity index is 1.25. The highest BCUT2D eigenvalue weighted by Crippen LogP contribution is 2.38. The molecule has 4 aromatic carbocycles. The topological polar surface area (TPSA) is 78.1 Å². The number of hydrazone groups is 1. The van der Waals surface area contributed by atoms with E-state index in [0.717, 1.165) is 47.9 Å². The number of aliphatic carboxylic acids is 1. The number of carbonyl (C=O) groups is 2. The number of para-hydroxylation sites is 2. The number of aryl methyl sites for hydroxylation is 2. The van der Waals surface area contributed by atoms with Gasteiger partial charge in [0, 0.05) is 40.8 Å². The maximum atomic E-state index is 13.2. The predicted molar refractivity (Wildman–Crippen MR) is 164 cm³/mol. The smallest absolute Gasteiger partial charge is 0.357 e. The normalized spacial score (nSPS) is 16.1. The molecule has 7 heteroatoms. The maximum absolute atomic E-state index is 13.2. The summed E-state index contributed by atoms with van der Waals surface area (Å²) < 4.78 is 2.37. The Morgan fingerprint density at radius 1 is 0.902 bits per heavy atom. The van der Waals surface area contributed by atoms with Gasteiger partial charge in [-0.05, 0) is 79.4 Å². The maximum Gasteiger partial charge on any atom is 0.357 e. The molecule has 41 heavy (non-hydrogen) atoms. The zero-order valence-electron chi connectivity index (χ0n) is 22.6. The van der Waals surface area contributed by atoms with Gasteiger partial charge in [-0.15, -0.1) is 0 Å². The van der Waals surface area contributed by atoms with E-state index in [1.165, 1.54) is 27.4 Å². The molecule has 5 aromatic rings. The number of hydrogen-bond donors (Lipinski definition) is 1. The number of fused-ring (bicyclic) bond motifs is 4. The van der Waals surface area contributed by atoms with Crippen molar-refractivity contribution in [1.82, 2.24) is 4.57 Å². The Morgan fingerprint density at radius 3 is 2.49 bits per heavy atom. The lowest BCUT2D eigenvalue weighted by molar-refractivity contribution is -0.129. The van der Waals surface area contributed by atoms with Crippen molar-refractivity contribution in [3.05, 3.63) is 108 Å². The fraction of sp³-hybridized carbons (Fsp3) is 0.147. The summed E-state index contributed by atoms with van der Waals surface area (Å²) in [6, 6.07) is 30.2. The first kappa shape index (κ1) is 24.8. The van der Waals surface area contributed by atoms with Gasteiger partial charge in [-0.2, -0.15) is 10.1 Å². The van der Waals surface area contributed by atoms with Gasteiger partial charge in [0.25, 0.3) is 5.91 Å². The molecule has 1 aromatic heterocycles. The number of nitrogens with zero attached hydrogens (tertiary/aromatic N) is 4. The number of anilines is 3. The van der Waals surface area contributed by atoms with Crippen molar-refractivity contribution in [2.45, 2.75) is 26.3 Å². The van der Waals surface area contributed by atoms with Gasteiger partial charge in [-0.25, -0.2) is 4.79 Å². The molecule has 0 bridgehead atoms. The van der Waals surface area contributed by atoms with Crippen LogP contribution in [-0.2, 0) is 22.6 Å². The quantitative estimate of drug-likeness (QED) is 0.250. The molecule has 1 N–H and O–H groups in total. The fourth-order valence-electron chi connectivity index (χ4n) is 6.13. The van der Waals surface area contributed by atoms with Gasteiger partial charge in [0.05, 0.1) is 16.8 Å². The Labute approximate surface area is 237 Å². The van der Waals surface area contributed by atoms with Gasteiger partial charge in [-0.1, -0.05) is 48.5 Å². The molecule has 0 atom stereocenters. The second-order valence-electron chi connectivity index (χ2n) is 10.4. The van der Waals surface area contributed by atoms with E-state index in [1.54, 1.807) is 30.3 Å². The molecule has 0 aliphatic carbocycles. The van der Waals surface area contributed by atoms with Crippen LogP contribution < -0.4 is 9.91 Å². The summed E-state index contributed by atoms with van der Waals surface area (Å²) in [5, 5.41) is 17.6. The molecule has 7 nitrogen and oxygen atoms in total. The molecule has 7 rings (SSSR count). The van der Waals surface area contributed by atoms with Gasteiger partial charge >= 0.3 is 5.97 Å². The van der Waals surface area contributed by atoms with Crippen molar-refractivity contribution in [2.24, 2.45) is 5.10 Å². The highest BCUT2D eigenvalue weighted by molar-refractivity contribution is 6.53. The lowest BCUT2D eigenvalue weighted by Gasteiger charge is -2.32. The van der Waals surface area contributed by atoms with Crippen LogP contribution in [-0.4, -0.2) is 33.8 Å². The zero-order chi connectivity index (χ0) is 28.1. The van der Waals surface area contributed by atoms with Crippen molar-refractivity contribution in [3.63, 3.8) is 0 Å². The van der Waals surface area contributed by atoms with E-state index in [9.17, 15) is 14.7 Å². The molecular weight excluding hydrogens is 512 g/mol. The Bertz CT molecular complexity index is 1920. The van der Waals surface area contributed by atoms with Crippen molar-refractivity contribution in [2.75, 3.05) is 16.5 Å². The summed E-state index contributed by atoms with van der Waals surface area (Å²) in [7, 11) is 0. The summed E-state index contributed by atoms with van der Waals surface area (Å²) in [5.74, 6) is -1.68. The van der Waals surface area contributed by atoms with Gasteiger partial charge in [-0.3, -0.25) is 4.79 Å². The number of amides is 1. The zero-order valence-corrected chi connectivity index (χ0v) is 22.6. The van der Waals surface area contributed by atoms with Crippen molar-refractivity contribution < 1.29 is 14.7 Å². The molecular formula is C34H28N4O3. The summed E-state index contributed by atoms with van der Waals surface area (Å²) in [6.07, 6.45) is 3.54. The first-order valence-corrected chi connectivity index (χ1v) is 13.9. The highest BCUT2D eigenvalue weighted by atomic mass is 16.4. The van der Waals surface area contributed by atoms with E-state index in [-0.39, 0.29) is 11.3 Å². The molecule has 0 fully saturated rings. The SMILES string of the molecule is CCn1c2ccccc2c2ccc(N3CCCc4cc(C=C5C(=O)N(c6ccccc6)N=C5C(=O)O)ccc43)cc21. The van der Waals surface area contributed by atoms with Crippen molar-refractivity contribution in [1.29, 1.82) is 0 Å². The monoisotopic (exact) mass is 540 g/mol. The lowest BCUT2D eigenvalue weighted by Crippen LogP contribution is -2.24. The Hall–Kier alpha value is -5.17. The predicted octanol–water partition coefficient (Wildman–Crippen LogP) is 6.77. The van der Waals surface area contributed by atoms with Crippen LogP contribution in [0.4, 0.5) is 17.1 Å². The fourth-order valence-corrected chi connectivity index (χ4v) is 6.13. The second-order valence-corrected chi connectivity index (χ2v) is 10.4. The molecule has 1 amide bonds. The molecule has 0 spiro atoms. The van der Waals surface area contributed by atoms with E-state index < -0.39 is 11.9 Å². The minimum Gasteiger partial charge on any atom is -0.476 e. The van der Waals surface area contributed by atoms with Crippen LogP contribution in [0.2, 0.25) is 0 Å². The minimum absolute atomic E-state index is 0.0758. The number of benzene rings is 4. The van der Waals surface area contributed by atoms with E-state index in [0.29, 0.717) is 5.69 Å². The molecule has 0 radical (unpaired) electrons. The number of carboxylic acid groups (broad SMARTS) is 1. The van der Waals surface area contributed by atoms with Gasteiger partial charge in [0.2, 0.25) is 0 Å². The van der Waals surface area contributed by atoms with Crippen LogP contribution in [0.15, 0.2) is 102 Å². The first-order chi connectivity index (χ1) is 20.0. The summed E-state index contributed by atoms with van der Waals surface area (Å²) in [5.41, 5.74) is 7.04. The van der Waals surface area contributed by atoms with Crippen LogP contribution in [0.5, 0.6) is 0 Å². The lowest BCUT2D eigenvalue weighted by atomic mass is 9.97. The molecule has 0 saturated carbocycles. The van der Waals surface area contributed by atoms with E-state index in [4.69, 9.17) is 0 Å². The summed E-state index contributed by atoms with van der Waals surface area (Å²) >= 11 is 0. The number of aromatic nitrogens is 1. The van der Waals surface area contributed by atoms with E-state index >= 15 is 0 Å². The highest BCUT2D eigenvalue weighted by Gasteiger charge is 2.35. The third-order valence-corrected chi connectivity index (χ3v) is 8.00. The second kappa shape index (κ2) is 9.78. The average Bonchev–Trinajstić information content (AvgIpc) is 3.51. The van der Waals surface area contributed by atoms with Crippen LogP contribution in [0.1, 0.15) is 24.5 Å². The van der Waals surface area contributed by atoms with Crippen LogP contribution in [0, 0.1) is 0 Å². The molecule has 3 heterocycles. The Kier molecular flexibility index (Phi) is 5.93. The summed E-state index contributed by atoms with van der Waals surface area (Å²) in [4.78, 5) is 27.6. The number of hydrogen-bond acceptors (Lipinski definition) is 4. The van der Waals surface area contributed by atoms with Gasteiger partial charge in [0.15, 0.2) is 5.71 Å². The first-order valence-electron chi connectivity index (χ1n) is 13.9. The van der Waals surface area contributed by atoms with Crippen LogP contribution in [0.3, 0.4) is 0 Å². The van der Waals surface area contributed by atoms with Crippen LogP contribution in [0.25, 0.3) is 27.9 Å². The number of rotatable bonds is 5. The molecule has 202 valence electrons. The third kappa shape index (κ3) is 4.09. The molecule has 2 aliphatic rings. The molecule has 0 unspecified atom stereocenters. The van der Waals surface area contributed by atoms with E-state index in [2.05, 4.69) is 76.1 Å². The van der Waals surface area contributed by atoms with E-state index in [1.807, 2.05) is 12.1 Å². The standard InChI is InChI=1S/C34H28N4O3/c1-2-36-30-13-7-6-12-26(30)27-16-15-25(21-31(27)36)37-18-8-9-23-19-22(14-17-29(23)37)20-28-32(34(40)41)35-38(33(28)39)24-10-4-3-5-11-24/h3-7,10-17,19-21H,2,8-9,18H2,1H3,(H,40,41). The van der Waals surface area contributed by atoms with Crippen molar-refractivity contribution in [3.8, 4) is 0 Å². The van der Waals surface area contributed by atoms with Gasteiger partial charge in [0.1, 0.15) is 0 Å². The van der Waals surface area contributed by atoms with Crippen LogP contribution >= 0.6 is 0 Å². The number of carbonyl (C=O) groups excluding carboxylic acids is 1. The number of carboxylic acids is 1. The third-order valence-electron chi connectivity index (χ3n) is 8.00. The van der Waals surface area contributed by atoms with Gasteiger partial charge < -0.3 is 14.6 Å². The summed E-state index contributed by atoms with van der Waals surface area (Å²) in [6.45, 7) is 3.98. The minimum atomic E-state index is -1.23. The largest absolute Gasteiger partial charge is 0.476 e. The van der Waals surface area contributed by atoms with Crippen molar-refractivity contribution >= 4 is 62.5 Å². The molecule has 2 aliphatic heterocycles. The average molecular weight is 541 g/mol. The Morgan fingerprint density at radius 2 is 1.68 bits per heavy atom.